The molecule has 3 N–H and O–H groups in total. The van der Waals surface area contributed by atoms with E-state index < -0.39 is 5.97 Å². The standard InChI is InChI=1S/C12H18N2O3S/c1-5-17-12(15)10-8(13)9(16-4)11(18-10)14-6-7(2)3/h14H,2,5-6,13H2,1,3-4H3. The van der Waals surface area contributed by atoms with Crippen molar-refractivity contribution in [3.8, 4) is 5.75 Å². The molecule has 1 aromatic heterocycles. The molecule has 0 amide bonds. The van der Waals surface area contributed by atoms with Crippen LogP contribution in [0.25, 0.3) is 0 Å². The van der Waals surface area contributed by atoms with E-state index in [2.05, 4.69) is 11.9 Å². The van der Waals surface area contributed by atoms with Crippen LogP contribution in [0.3, 0.4) is 0 Å². The number of nitrogens with two attached hydrogens (primary N) is 1. The number of carbonyl (C=O) groups excluding carboxylic acids is 1. The summed E-state index contributed by atoms with van der Waals surface area (Å²) in [5.41, 5.74) is 7.16. The molecule has 0 unspecified atom stereocenters. The molecule has 6 heteroatoms. The fraction of sp³-hybridized carbons (Fsp3) is 0.417. The van der Waals surface area contributed by atoms with Gasteiger partial charge in [-0.2, -0.15) is 0 Å². The second kappa shape index (κ2) is 6.30. The van der Waals surface area contributed by atoms with E-state index in [1.165, 1.54) is 18.4 Å². The van der Waals surface area contributed by atoms with Gasteiger partial charge in [0.1, 0.15) is 15.6 Å². The highest BCUT2D eigenvalue weighted by atomic mass is 32.1. The van der Waals surface area contributed by atoms with Crippen LogP contribution in [-0.2, 0) is 4.74 Å². The zero-order valence-corrected chi connectivity index (χ0v) is 11.6. The normalized spacial score (nSPS) is 9.94. The van der Waals surface area contributed by atoms with Gasteiger partial charge in [0, 0.05) is 6.54 Å². The number of nitrogens with one attached hydrogen (secondary N) is 1. The van der Waals surface area contributed by atoms with Gasteiger partial charge in [0.25, 0.3) is 0 Å². The van der Waals surface area contributed by atoms with Crippen LogP contribution in [0.2, 0.25) is 0 Å². The zero-order chi connectivity index (χ0) is 13.7. The SMILES string of the molecule is C=C(C)CNc1sc(C(=O)OCC)c(N)c1OC. The molecule has 0 aromatic carbocycles. The molecule has 0 spiro atoms. The van der Waals surface area contributed by atoms with Gasteiger partial charge in [0.2, 0.25) is 0 Å². The lowest BCUT2D eigenvalue weighted by Crippen LogP contribution is -2.05. The predicted octanol–water partition coefficient (Wildman–Crippen LogP) is 2.50. The van der Waals surface area contributed by atoms with Crippen molar-refractivity contribution in [1.82, 2.24) is 0 Å². The number of esters is 1. The Morgan fingerprint density at radius 2 is 2.22 bits per heavy atom. The van der Waals surface area contributed by atoms with Crippen LogP contribution in [0.5, 0.6) is 5.75 Å². The minimum Gasteiger partial charge on any atom is -0.492 e. The summed E-state index contributed by atoms with van der Waals surface area (Å²) in [6.07, 6.45) is 0. The second-order valence-electron chi connectivity index (χ2n) is 3.74. The van der Waals surface area contributed by atoms with Crippen LogP contribution >= 0.6 is 11.3 Å². The van der Waals surface area contributed by atoms with Crippen molar-refractivity contribution in [3.63, 3.8) is 0 Å². The van der Waals surface area contributed by atoms with Crippen molar-refractivity contribution >= 4 is 28.0 Å². The number of carbonyl (C=O) groups is 1. The van der Waals surface area contributed by atoms with E-state index in [1.807, 2.05) is 6.92 Å². The number of thiophene rings is 1. The average molecular weight is 270 g/mol. The van der Waals surface area contributed by atoms with E-state index in [0.717, 1.165) is 5.57 Å². The van der Waals surface area contributed by atoms with Crippen molar-refractivity contribution in [2.45, 2.75) is 13.8 Å². The smallest absolute Gasteiger partial charge is 0.350 e. The Morgan fingerprint density at radius 3 is 2.72 bits per heavy atom. The third kappa shape index (κ3) is 3.16. The summed E-state index contributed by atoms with van der Waals surface area (Å²) >= 11 is 1.22. The van der Waals surface area contributed by atoms with E-state index >= 15 is 0 Å². The van der Waals surface area contributed by atoms with Gasteiger partial charge in [-0.1, -0.05) is 12.2 Å². The molecule has 1 heterocycles. The van der Waals surface area contributed by atoms with Crippen LogP contribution < -0.4 is 15.8 Å². The van der Waals surface area contributed by atoms with Crippen molar-refractivity contribution in [2.24, 2.45) is 0 Å². The highest BCUT2D eigenvalue weighted by molar-refractivity contribution is 7.19. The predicted molar refractivity (Wildman–Crippen MR) is 74.5 cm³/mol. The number of rotatable bonds is 6. The molecule has 100 valence electrons. The maximum Gasteiger partial charge on any atom is 0.350 e. The summed E-state index contributed by atoms with van der Waals surface area (Å²) in [7, 11) is 1.51. The van der Waals surface area contributed by atoms with Crippen LogP contribution in [0.15, 0.2) is 12.2 Å². The average Bonchev–Trinajstić information content (AvgIpc) is 2.63. The molecule has 5 nitrogen and oxygen atoms in total. The molecule has 0 aliphatic heterocycles. The summed E-state index contributed by atoms with van der Waals surface area (Å²) in [6.45, 7) is 8.36. The first-order valence-corrected chi connectivity index (χ1v) is 6.34. The molecule has 0 aliphatic rings. The Hall–Kier alpha value is -1.69. The lowest BCUT2D eigenvalue weighted by atomic mass is 10.3. The molecule has 1 rings (SSSR count). The summed E-state index contributed by atoms with van der Waals surface area (Å²) in [5.74, 6) is 0.0472. The summed E-state index contributed by atoms with van der Waals surface area (Å²) < 4.78 is 10.1. The molecule has 0 radical (unpaired) electrons. The molecule has 0 fully saturated rings. The monoisotopic (exact) mass is 270 g/mol. The molecule has 0 atom stereocenters. The molecule has 0 saturated heterocycles. The van der Waals surface area contributed by atoms with Gasteiger partial charge in [-0.3, -0.25) is 0 Å². The van der Waals surface area contributed by atoms with Gasteiger partial charge in [0.15, 0.2) is 5.75 Å². The van der Waals surface area contributed by atoms with E-state index in [0.29, 0.717) is 34.5 Å². The van der Waals surface area contributed by atoms with Gasteiger partial charge in [-0.15, -0.1) is 11.3 Å². The quantitative estimate of drug-likeness (QED) is 0.613. The lowest BCUT2D eigenvalue weighted by molar-refractivity contribution is 0.0533. The van der Waals surface area contributed by atoms with E-state index in [-0.39, 0.29) is 0 Å². The van der Waals surface area contributed by atoms with Gasteiger partial charge >= 0.3 is 5.97 Å². The van der Waals surface area contributed by atoms with Crippen LogP contribution in [0.1, 0.15) is 23.5 Å². The van der Waals surface area contributed by atoms with Crippen molar-refractivity contribution in [2.75, 3.05) is 31.3 Å². The number of hydrogen-bond acceptors (Lipinski definition) is 6. The van der Waals surface area contributed by atoms with Crippen LogP contribution in [-0.4, -0.2) is 26.2 Å². The first kappa shape index (κ1) is 14.4. The summed E-state index contributed by atoms with van der Waals surface area (Å²) in [5, 5.41) is 3.84. The first-order chi connectivity index (χ1) is 8.51. The van der Waals surface area contributed by atoms with Gasteiger partial charge in [-0.25, -0.2) is 4.79 Å². The maximum atomic E-state index is 11.7. The second-order valence-corrected chi connectivity index (χ2v) is 4.76. The number of hydrogen-bond donors (Lipinski definition) is 2. The lowest BCUT2D eigenvalue weighted by Gasteiger charge is -2.06. The number of anilines is 2. The molecule has 0 saturated carbocycles. The van der Waals surface area contributed by atoms with Gasteiger partial charge in [-0.05, 0) is 13.8 Å². The van der Waals surface area contributed by atoms with E-state index in [4.69, 9.17) is 15.2 Å². The Bertz CT molecular complexity index is 454. The van der Waals surface area contributed by atoms with Crippen molar-refractivity contribution in [1.29, 1.82) is 0 Å². The number of ether oxygens (including phenoxy) is 2. The van der Waals surface area contributed by atoms with Crippen molar-refractivity contribution in [3.05, 3.63) is 17.0 Å². The van der Waals surface area contributed by atoms with Crippen LogP contribution in [0, 0.1) is 0 Å². The third-order valence-electron chi connectivity index (χ3n) is 2.12. The topological polar surface area (TPSA) is 73.6 Å². The molecule has 0 aliphatic carbocycles. The maximum absolute atomic E-state index is 11.7. The fourth-order valence-electron chi connectivity index (χ4n) is 1.33. The Balaban J connectivity index is 3.00. The Morgan fingerprint density at radius 1 is 1.56 bits per heavy atom. The molecule has 0 bridgehead atoms. The molecular weight excluding hydrogens is 252 g/mol. The fourth-order valence-corrected chi connectivity index (χ4v) is 2.31. The summed E-state index contributed by atoms with van der Waals surface area (Å²) in [6, 6.07) is 0. The number of methoxy groups -OCH3 is 1. The highest BCUT2D eigenvalue weighted by Gasteiger charge is 2.22. The summed E-state index contributed by atoms with van der Waals surface area (Å²) in [4.78, 5) is 12.1. The largest absolute Gasteiger partial charge is 0.492 e. The highest BCUT2D eigenvalue weighted by Crippen LogP contribution is 2.42. The van der Waals surface area contributed by atoms with E-state index in [1.54, 1.807) is 6.92 Å². The minimum absolute atomic E-state index is 0.310. The zero-order valence-electron chi connectivity index (χ0n) is 10.8. The van der Waals surface area contributed by atoms with Crippen LogP contribution in [0.4, 0.5) is 10.7 Å². The first-order valence-electron chi connectivity index (χ1n) is 5.52. The molecule has 1 aromatic rings. The van der Waals surface area contributed by atoms with Gasteiger partial charge in [0.05, 0.1) is 13.7 Å². The number of nitrogen functional groups attached to an aromatic ring is 1. The van der Waals surface area contributed by atoms with Crippen molar-refractivity contribution < 1.29 is 14.3 Å². The van der Waals surface area contributed by atoms with E-state index in [9.17, 15) is 4.79 Å². The van der Waals surface area contributed by atoms with Gasteiger partial charge < -0.3 is 20.5 Å². The minimum atomic E-state index is -0.429. The Labute approximate surface area is 111 Å². The Kier molecular flexibility index (Phi) is 5.03. The molecular formula is C12H18N2O3S. The third-order valence-corrected chi connectivity index (χ3v) is 3.24. The molecule has 18 heavy (non-hydrogen) atoms.